The van der Waals surface area contributed by atoms with E-state index >= 15 is 0 Å². The Morgan fingerprint density at radius 3 is 2.75 bits per heavy atom. The molecule has 5 heteroatoms. The van der Waals surface area contributed by atoms with Gasteiger partial charge in [-0.05, 0) is 25.0 Å². The van der Waals surface area contributed by atoms with E-state index in [1.807, 2.05) is 13.8 Å². The number of hydrogen-bond donors (Lipinski definition) is 1. The minimum Gasteiger partial charge on any atom is -0.310 e. The van der Waals surface area contributed by atoms with Crippen LogP contribution in [0, 0.1) is 15.9 Å². The Morgan fingerprint density at radius 2 is 2.19 bits per heavy atom. The van der Waals surface area contributed by atoms with Crippen LogP contribution in [0.25, 0.3) is 0 Å². The summed E-state index contributed by atoms with van der Waals surface area (Å²) in [5.41, 5.74) is 0.382. The van der Waals surface area contributed by atoms with Crippen LogP contribution in [-0.2, 0) is 6.54 Å². The first-order valence-corrected chi connectivity index (χ1v) is 5.20. The third kappa shape index (κ3) is 3.58. The maximum Gasteiger partial charge on any atom is 0.272 e. The van der Waals surface area contributed by atoms with Crippen LogP contribution >= 0.6 is 0 Å². The van der Waals surface area contributed by atoms with Crippen molar-refractivity contribution in [2.45, 2.75) is 32.9 Å². The lowest BCUT2D eigenvalue weighted by Crippen LogP contribution is -2.24. The number of nitrogens with zero attached hydrogens (tertiary/aromatic N) is 1. The molecule has 0 heterocycles. The monoisotopic (exact) mass is 226 g/mol. The fraction of sp³-hybridized carbons (Fsp3) is 0.455. The van der Waals surface area contributed by atoms with Gasteiger partial charge < -0.3 is 5.32 Å². The molecule has 1 aromatic rings. The van der Waals surface area contributed by atoms with Gasteiger partial charge in [-0.3, -0.25) is 10.1 Å². The quantitative estimate of drug-likeness (QED) is 0.620. The Bertz CT molecular complexity index is 382. The summed E-state index contributed by atoms with van der Waals surface area (Å²) >= 11 is 0. The normalized spacial score (nSPS) is 12.4. The van der Waals surface area contributed by atoms with Crippen molar-refractivity contribution in [1.29, 1.82) is 0 Å². The van der Waals surface area contributed by atoms with Crippen molar-refractivity contribution in [2.75, 3.05) is 0 Å². The molecule has 88 valence electrons. The predicted octanol–water partition coefficient (Wildman–Crippen LogP) is 2.62. The van der Waals surface area contributed by atoms with E-state index in [1.165, 1.54) is 12.1 Å². The summed E-state index contributed by atoms with van der Waals surface area (Å²) in [6.45, 7) is 4.48. The average Bonchev–Trinajstić information content (AvgIpc) is 2.25. The molecule has 1 rings (SSSR count). The highest BCUT2D eigenvalue weighted by Gasteiger charge is 2.09. The molecule has 4 nitrogen and oxygen atoms in total. The second kappa shape index (κ2) is 5.55. The fourth-order valence-corrected chi connectivity index (χ4v) is 1.28. The van der Waals surface area contributed by atoms with E-state index in [1.54, 1.807) is 0 Å². The van der Waals surface area contributed by atoms with Crippen LogP contribution in [-0.4, -0.2) is 11.0 Å². The van der Waals surface area contributed by atoms with Crippen molar-refractivity contribution >= 4 is 5.69 Å². The molecule has 0 aromatic heterocycles. The lowest BCUT2D eigenvalue weighted by atomic mass is 10.1. The molecule has 0 aliphatic carbocycles. The number of hydrogen-bond acceptors (Lipinski definition) is 3. The van der Waals surface area contributed by atoms with Crippen molar-refractivity contribution in [3.8, 4) is 0 Å². The maximum absolute atomic E-state index is 13.1. The molecule has 0 radical (unpaired) electrons. The van der Waals surface area contributed by atoms with E-state index in [9.17, 15) is 14.5 Å². The lowest BCUT2D eigenvalue weighted by Gasteiger charge is -2.10. The Hall–Kier alpha value is -1.49. The highest BCUT2D eigenvalue weighted by Crippen LogP contribution is 2.16. The Morgan fingerprint density at radius 1 is 1.50 bits per heavy atom. The first-order valence-electron chi connectivity index (χ1n) is 5.20. The van der Waals surface area contributed by atoms with Crippen LogP contribution in [0.5, 0.6) is 0 Å². The molecule has 16 heavy (non-hydrogen) atoms. The highest BCUT2D eigenvalue weighted by atomic mass is 19.1. The standard InChI is InChI=1S/C11H15FN2O2/c1-3-8(2)13-7-9-4-10(12)6-11(5-9)14(15)16/h4-6,8,13H,3,7H2,1-2H3. The van der Waals surface area contributed by atoms with Gasteiger partial charge in [0.15, 0.2) is 0 Å². The van der Waals surface area contributed by atoms with E-state index in [2.05, 4.69) is 5.32 Å². The third-order valence-electron chi connectivity index (χ3n) is 2.42. The van der Waals surface area contributed by atoms with Crippen LogP contribution in [0.2, 0.25) is 0 Å². The second-order valence-corrected chi connectivity index (χ2v) is 3.76. The van der Waals surface area contributed by atoms with Crippen molar-refractivity contribution in [1.82, 2.24) is 5.32 Å². The number of nitrogens with one attached hydrogen (secondary N) is 1. The summed E-state index contributed by atoms with van der Waals surface area (Å²) in [7, 11) is 0. The van der Waals surface area contributed by atoms with E-state index in [-0.39, 0.29) is 5.69 Å². The SMILES string of the molecule is CCC(C)NCc1cc(F)cc([N+](=O)[O-])c1. The number of nitro benzene ring substituents is 1. The van der Waals surface area contributed by atoms with Gasteiger partial charge in [0.05, 0.1) is 11.0 Å². The van der Waals surface area contributed by atoms with Crippen LogP contribution in [0.1, 0.15) is 25.8 Å². The van der Waals surface area contributed by atoms with E-state index in [0.717, 1.165) is 12.5 Å². The average molecular weight is 226 g/mol. The number of non-ortho nitro benzene ring substituents is 1. The molecule has 0 fully saturated rings. The summed E-state index contributed by atoms with van der Waals surface area (Å²) in [5.74, 6) is -0.574. The van der Waals surface area contributed by atoms with Crippen LogP contribution in [0.4, 0.5) is 10.1 Å². The molecule has 0 bridgehead atoms. The van der Waals surface area contributed by atoms with Crippen LogP contribution in [0.15, 0.2) is 18.2 Å². The second-order valence-electron chi connectivity index (χ2n) is 3.76. The molecular formula is C11H15FN2O2. The van der Waals surface area contributed by atoms with Crippen LogP contribution in [0.3, 0.4) is 0 Å². The number of benzene rings is 1. The first-order chi connectivity index (χ1) is 7.52. The molecule has 1 aromatic carbocycles. The van der Waals surface area contributed by atoms with Gasteiger partial charge in [-0.2, -0.15) is 0 Å². The maximum atomic E-state index is 13.1. The third-order valence-corrected chi connectivity index (χ3v) is 2.42. The van der Waals surface area contributed by atoms with E-state index < -0.39 is 10.7 Å². The molecule has 0 saturated heterocycles. The Labute approximate surface area is 93.6 Å². The first kappa shape index (κ1) is 12.6. The van der Waals surface area contributed by atoms with Gasteiger partial charge in [-0.1, -0.05) is 6.92 Å². The van der Waals surface area contributed by atoms with E-state index in [4.69, 9.17) is 0 Å². The fourth-order valence-electron chi connectivity index (χ4n) is 1.28. The molecule has 1 N–H and O–H groups in total. The molecule has 0 aliphatic rings. The summed E-state index contributed by atoms with van der Waals surface area (Å²) in [4.78, 5) is 9.93. The Kier molecular flexibility index (Phi) is 4.37. The van der Waals surface area contributed by atoms with Crippen LogP contribution < -0.4 is 5.32 Å². The van der Waals surface area contributed by atoms with Gasteiger partial charge in [-0.15, -0.1) is 0 Å². The molecule has 1 unspecified atom stereocenters. The zero-order valence-electron chi connectivity index (χ0n) is 9.37. The van der Waals surface area contributed by atoms with Gasteiger partial charge in [0, 0.05) is 18.7 Å². The molecular weight excluding hydrogens is 211 g/mol. The summed E-state index contributed by atoms with van der Waals surface area (Å²) in [6, 6.07) is 3.93. The summed E-state index contributed by atoms with van der Waals surface area (Å²) in [6.07, 6.45) is 0.956. The minimum absolute atomic E-state index is 0.207. The lowest BCUT2D eigenvalue weighted by molar-refractivity contribution is -0.385. The topological polar surface area (TPSA) is 55.2 Å². The molecule has 1 atom stereocenters. The molecule has 0 spiro atoms. The summed E-state index contributed by atoms with van der Waals surface area (Å²) in [5, 5.41) is 13.7. The Balaban J connectivity index is 2.76. The number of halogens is 1. The zero-order valence-corrected chi connectivity index (χ0v) is 9.37. The summed E-state index contributed by atoms with van der Waals surface area (Å²) < 4.78 is 13.1. The van der Waals surface area contributed by atoms with Crippen molar-refractivity contribution in [2.24, 2.45) is 0 Å². The van der Waals surface area contributed by atoms with Crippen molar-refractivity contribution in [3.05, 3.63) is 39.7 Å². The largest absolute Gasteiger partial charge is 0.310 e. The molecule has 0 amide bonds. The van der Waals surface area contributed by atoms with Gasteiger partial charge in [0.2, 0.25) is 0 Å². The smallest absolute Gasteiger partial charge is 0.272 e. The molecule has 0 aliphatic heterocycles. The highest BCUT2D eigenvalue weighted by molar-refractivity contribution is 5.35. The van der Waals surface area contributed by atoms with Gasteiger partial charge in [0.25, 0.3) is 5.69 Å². The zero-order chi connectivity index (χ0) is 12.1. The minimum atomic E-state index is -0.587. The molecule has 0 saturated carbocycles. The van der Waals surface area contributed by atoms with Gasteiger partial charge >= 0.3 is 0 Å². The van der Waals surface area contributed by atoms with Crippen molar-refractivity contribution < 1.29 is 9.31 Å². The number of rotatable bonds is 5. The van der Waals surface area contributed by atoms with Gasteiger partial charge in [0.1, 0.15) is 5.82 Å². The number of nitro groups is 1. The van der Waals surface area contributed by atoms with E-state index in [0.29, 0.717) is 18.2 Å². The van der Waals surface area contributed by atoms with Gasteiger partial charge in [-0.25, -0.2) is 4.39 Å². The predicted molar refractivity (Wildman–Crippen MR) is 59.6 cm³/mol. The van der Waals surface area contributed by atoms with Crippen molar-refractivity contribution in [3.63, 3.8) is 0 Å².